The zero-order valence-electron chi connectivity index (χ0n) is 17.9. The van der Waals surface area contributed by atoms with E-state index in [4.69, 9.17) is 10.5 Å². The second-order valence-electron chi connectivity index (χ2n) is 7.99. The van der Waals surface area contributed by atoms with E-state index < -0.39 is 11.7 Å². The number of rotatable bonds is 4. The highest BCUT2D eigenvalue weighted by Gasteiger charge is 2.23. The first-order valence-electron chi connectivity index (χ1n) is 9.60. The molecule has 8 heteroatoms. The summed E-state index contributed by atoms with van der Waals surface area (Å²) in [4.78, 5) is 21.3. The number of hydrogen-bond acceptors (Lipinski definition) is 5. The van der Waals surface area contributed by atoms with Crippen LogP contribution in [0.25, 0.3) is 11.3 Å². The number of aryl methyl sites for hydroxylation is 2. The Bertz CT molecular complexity index is 1100. The number of carbonyl (C=O) groups is 1. The lowest BCUT2D eigenvalue weighted by Crippen LogP contribution is -2.83. The normalized spacial score (nSPS) is 12.1. The number of hydrogen-bond donors (Lipinski definition) is 2. The van der Waals surface area contributed by atoms with E-state index in [2.05, 4.69) is 15.1 Å². The Balaban J connectivity index is 2.04. The molecule has 2 heterocycles. The van der Waals surface area contributed by atoms with Gasteiger partial charge in [0.05, 0.1) is 11.3 Å². The van der Waals surface area contributed by atoms with Gasteiger partial charge in [-0.25, -0.2) is 10.3 Å². The lowest BCUT2D eigenvalue weighted by atomic mass is 10.0. The van der Waals surface area contributed by atoms with E-state index >= 15 is 0 Å². The lowest BCUT2D eigenvalue weighted by Gasteiger charge is -2.17. The fourth-order valence-corrected chi connectivity index (χ4v) is 2.94. The molecular formula is C22H27N6O2+. The molecule has 0 fully saturated rings. The number of nitrogens with zero attached hydrogens (tertiary/aromatic N) is 4. The Labute approximate surface area is 175 Å². The highest BCUT2D eigenvalue weighted by atomic mass is 16.6. The van der Waals surface area contributed by atoms with Crippen molar-refractivity contribution in [3.63, 3.8) is 0 Å². The Morgan fingerprint density at radius 3 is 2.63 bits per heavy atom. The number of carbonyl (C=O) groups excluding carboxylic acids is 1. The fourth-order valence-electron chi connectivity index (χ4n) is 2.94. The number of aliphatic imine (C=N–C) groups is 1. The van der Waals surface area contributed by atoms with Crippen LogP contribution in [0.3, 0.4) is 0 Å². The highest BCUT2D eigenvalue weighted by molar-refractivity contribution is 6.03. The standard InChI is InChI=1S/C22H26N6O2/c1-14-7-6-11-24-19(14)15-8-9-17(25-21(29)30-22(2,3)4)16(13-15)20(23)26-18-10-12-28(5)27-18/h6-13H,1-5H3,(H,25,29)(H2,23,26,27)/p+1. The van der Waals surface area contributed by atoms with E-state index in [9.17, 15) is 4.79 Å². The van der Waals surface area contributed by atoms with Gasteiger partial charge in [0.15, 0.2) is 11.5 Å². The molecule has 0 spiro atoms. The summed E-state index contributed by atoms with van der Waals surface area (Å²) in [6, 6.07) is 11.3. The molecule has 3 aromatic rings. The maximum atomic E-state index is 12.4. The molecule has 8 nitrogen and oxygen atoms in total. The summed E-state index contributed by atoms with van der Waals surface area (Å²) in [6.45, 7) is 7.46. The monoisotopic (exact) mass is 407 g/mol. The van der Waals surface area contributed by atoms with Crippen LogP contribution in [0, 0.1) is 6.92 Å². The summed E-state index contributed by atoms with van der Waals surface area (Å²) in [7, 11) is 1.81. The van der Waals surface area contributed by atoms with E-state index in [1.165, 1.54) is 5.32 Å². The minimum atomic E-state index is -0.591. The Hall–Kier alpha value is -3.52. The third-order valence-corrected chi connectivity index (χ3v) is 4.23. The molecule has 3 rings (SSSR count). The van der Waals surface area contributed by atoms with E-state index in [0.29, 0.717) is 17.1 Å². The van der Waals surface area contributed by atoms with Crippen molar-refractivity contribution in [2.45, 2.75) is 33.3 Å². The average molecular weight is 407 g/mol. The topological polar surface area (TPSA) is 112 Å². The van der Waals surface area contributed by atoms with Crippen molar-refractivity contribution in [1.29, 1.82) is 0 Å². The van der Waals surface area contributed by atoms with Crippen molar-refractivity contribution < 1.29 is 14.8 Å². The number of pyridine rings is 1. The summed E-state index contributed by atoms with van der Waals surface area (Å²) in [5, 5.41) is 5.67. The van der Waals surface area contributed by atoms with Crippen molar-refractivity contribution in [2.24, 2.45) is 17.8 Å². The number of amidine groups is 1. The van der Waals surface area contributed by atoms with Crippen LogP contribution in [0.1, 0.15) is 31.9 Å². The first kappa shape index (κ1) is 21.2. The molecular weight excluding hydrogens is 380 g/mol. The van der Waals surface area contributed by atoms with Crippen LogP contribution in [0.5, 0.6) is 0 Å². The third-order valence-electron chi connectivity index (χ3n) is 4.23. The summed E-state index contributed by atoms with van der Waals surface area (Å²) in [6.07, 6.45) is 3.08. The van der Waals surface area contributed by atoms with Gasteiger partial charge in [-0.15, -0.1) is 0 Å². The van der Waals surface area contributed by atoms with E-state index in [0.717, 1.165) is 16.8 Å². The van der Waals surface area contributed by atoms with Gasteiger partial charge in [-0.1, -0.05) is 6.07 Å². The molecule has 156 valence electrons. The number of ether oxygens (including phenoxy) is 1. The van der Waals surface area contributed by atoms with Crippen LogP contribution in [-0.2, 0) is 11.8 Å². The van der Waals surface area contributed by atoms with Crippen molar-refractivity contribution in [3.05, 3.63) is 59.9 Å². The van der Waals surface area contributed by atoms with Gasteiger partial charge in [-0.2, -0.15) is 9.89 Å². The zero-order chi connectivity index (χ0) is 21.9. The molecule has 0 bridgehead atoms. The summed E-state index contributed by atoms with van der Waals surface area (Å²) >= 11 is 0. The largest absolute Gasteiger partial charge is 0.518 e. The number of benzene rings is 1. The Morgan fingerprint density at radius 1 is 1.23 bits per heavy atom. The quantitative estimate of drug-likeness (QED) is 0.392. The van der Waals surface area contributed by atoms with Crippen LogP contribution >= 0.6 is 0 Å². The third kappa shape index (κ3) is 5.30. The van der Waals surface area contributed by atoms with E-state index in [1.54, 1.807) is 30.2 Å². The predicted octanol–water partition coefficient (Wildman–Crippen LogP) is 2.96. The molecule has 0 aliphatic heterocycles. The Kier molecular flexibility index (Phi) is 5.98. The maximum absolute atomic E-state index is 12.4. The molecule has 0 unspecified atom stereocenters. The van der Waals surface area contributed by atoms with Crippen LogP contribution in [0.2, 0.25) is 0 Å². The molecule has 0 aliphatic rings. The van der Waals surface area contributed by atoms with Gasteiger partial charge >= 0.3 is 6.09 Å². The van der Waals surface area contributed by atoms with Gasteiger partial charge in [0, 0.05) is 37.1 Å². The second kappa shape index (κ2) is 8.46. The van der Waals surface area contributed by atoms with Gasteiger partial charge in [0.1, 0.15) is 11.4 Å². The van der Waals surface area contributed by atoms with Crippen molar-refractivity contribution in [1.82, 2.24) is 14.8 Å². The summed E-state index contributed by atoms with van der Waals surface area (Å²) in [5.74, 6) is 0.733. The summed E-state index contributed by atoms with van der Waals surface area (Å²) < 4.78 is 7.08. The molecule has 0 saturated carbocycles. The zero-order valence-corrected chi connectivity index (χ0v) is 17.9. The first-order valence-corrected chi connectivity index (χ1v) is 9.60. The van der Waals surface area contributed by atoms with Crippen molar-refractivity contribution >= 4 is 23.4 Å². The molecule has 1 amide bonds. The van der Waals surface area contributed by atoms with Crippen LogP contribution in [0.4, 0.5) is 16.3 Å². The van der Waals surface area contributed by atoms with Crippen molar-refractivity contribution in [3.8, 4) is 11.3 Å². The first-order chi connectivity index (χ1) is 14.1. The molecule has 30 heavy (non-hydrogen) atoms. The second-order valence-corrected chi connectivity index (χ2v) is 7.99. The minimum Gasteiger partial charge on any atom is -0.414 e. The summed E-state index contributed by atoms with van der Waals surface area (Å²) in [5.41, 5.74) is 9.71. The molecule has 0 saturated heterocycles. The van der Waals surface area contributed by atoms with Crippen LogP contribution in [-0.4, -0.2) is 32.3 Å². The number of quaternary nitrogens is 1. The van der Waals surface area contributed by atoms with E-state index in [1.807, 2.05) is 58.0 Å². The number of amides is 1. The average Bonchev–Trinajstić information content (AvgIpc) is 3.05. The highest BCUT2D eigenvalue weighted by Crippen LogP contribution is 2.25. The lowest BCUT2D eigenvalue weighted by molar-refractivity contribution is -0.486. The minimum absolute atomic E-state index is 0.249. The van der Waals surface area contributed by atoms with Crippen molar-refractivity contribution in [2.75, 3.05) is 0 Å². The molecule has 0 radical (unpaired) electrons. The smallest absolute Gasteiger partial charge is 0.414 e. The van der Waals surface area contributed by atoms with E-state index in [-0.39, 0.29) is 5.84 Å². The molecule has 4 N–H and O–H groups in total. The maximum Gasteiger partial charge on any atom is 0.518 e. The Morgan fingerprint density at radius 2 is 2.00 bits per heavy atom. The van der Waals surface area contributed by atoms with Gasteiger partial charge in [-0.05, 0) is 51.5 Å². The molecule has 1 aromatic carbocycles. The number of primary amides is 1. The molecule has 0 aliphatic carbocycles. The van der Waals surface area contributed by atoms with Crippen LogP contribution < -0.4 is 11.1 Å². The van der Waals surface area contributed by atoms with Gasteiger partial charge < -0.3 is 10.5 Å². The van der Waals surface area contributed by atoms with Gasteiger partial charge in [0.25, 0.3) is 0 Å². The van der Waals surface area contributed by atoms with Crippen LogP contribution in [0.15, 0.2) is 53.8 Å². The van der Waals surface area contributed by atoms with Gasteiger partial charge in [0.2, 0.25) is 0 Å². The molecule has 2 aromatic heterocycles. The SMILES string of the molecule is Cc1cccnc1-c1ccc([NH2+]C(=O)OC(C)(C)C)c(C(N)=Nc2ccn(C)n2)c1. The number of aromatic nitrogens is 3. The van der Waals surface area contributed by atoms with Gasteiger partial charge in [-0.3, -0.25) is 9.67 Å². The number of nitrogens with two attached hydrogens (primary N) is 2. The fraction of sp³-hybridized carbons (Fsp3) is 0.273. The molecule has 0 atom stereocenters. The predicted molar refractivity (Wildman–Crippen MR) is 116 cm³/mol.